The first-order valence-corrected chi connectivity index (χ1v) is 6.99. The van der Waals surface area contributed by atoms with E-state index in [9.17, 15) is 5.11 Å². The van der Waals surface area contributed by atoms with Crippen molar-refractivity contribution in [3.63, 3.8) is 0 Å². The summed E-state index contributed by atoms with van der Waals surface area (Å²) in [5, 5.41) is 11.2. The van der Waals surface area contributed by atoms with Crippen molar-refractivity contribution in [1.29, 1.82) is 0 Å². The van der Waals surface area contributed by atoms with E-state index >= 15 is 0 Å². The molecule has 2 nitrogen and oxygen atoms in total. The molecule has 0 radical (unpaired) electrons. The third-order valence-corrected chi connectivity index (χ3v) is 4.22. The number of hydrogen-bond donors (Lipinski definition) is 1. The quantitative estimate of drug-likeness (QED) is 0.930. The van der Waals surface area contributed by atoms with Crippen molar-refractivity contribution in [2.24, 2.45) is 0 Å². The number of aryl methyl sites for hydroxylation is 1. The number of nitrogens with zero attached hydrogens (tertiary/aromatic N) is 1. The van der Waals surface area contributed by atoms with Gasteiger partial charge in [0.15, 0.2) is 0 Å². The Labute approximate surface area is 118 Å². The van der Waals surface area contributed by atoms with E-state index in [0.29, 0.717) is 6.42 Å². The van der Waals surface area contributed by atoms with E-state index in [1.165, 1.54) is 5.56 Å². The minimum Gasteiger partial charge on any atom is -0.392 e. The maximum Gasteiger partial charge on any atom is 0.0664 e. The van der Waals surface area contributed by atoms with Crippen LogP contribution in [-0.2, 0) is 12.8 Å². The summed E-state index contributed by atoms with van der Waals surface area (Å²) in [4.78, 5) is 4.43. The molecule has 0 aliphatic heterocycles. The molecule has 1 heterocycles. The molecule has 0 bridgehead atoms. The third kappa shape index (κ3) is 2.51. The van der Waals surface area contributed by atoms with Crippen molar-refractivity contribution in [3.8, 4) is 0 Å². The minimum atomic E-state index is -0.420. The molecule has 0 amide bonds. The lowest BCUT2D eigenvalue weighted by atomic mass is 9.94. The molecule has 0 saturated heterocycles. The molecule has 2 atom stereocenters. The number of hydrogen-bond acceptors (Lipinski definition) is 2. The van der Waals surface area contributed by atoms with Gasteiger partial charge in [-0.25, -0.2) is 0 Å². The normalized spacial score (nSPS) is 19.2. The smallest absolute Gasteiger partial charge is 0.0664 e. The summed E-state index contributed by atoms with van der Waals surface area (Å²) in [6.07, 6.45) is 3.95. The van der Waals surface area contributed by atoms with Crippen molar-refractivity contribution in [3.05, 3.63) is 64.4 Å². The van der Waals surface area contributed by atoms with Crippen LogP contribution >= 0.6 is 11.6 Å². The predicted octanol–water partition coefficient (Wildman–Crippen LogP) is 3.37. The highest BCUT2D eigenvalue weighted by Crippen LogP contribution is 2.35. The number of aliphatic hydroxyl groups excluding tert-OH is 1. The largest absolute Gasteiger partial charge is 0.392 e. The van der Waals surface area contributed by atoms with Gasteiger partial charge in [0.2, 0.25) is 0 Å². The van der Waals surface area contributed by atoms with Gasteiger partial charge in [-0.3, -0.25) is 4.98 Å². The van der Waals surface area contributed by atoms with Gasteiger partial charge >= 0.3 is 0 Å². The second kappa shape index (κ2) is 5.32. The van der Waals surface area contributed by atoms with Crippen molar-refractivity contribution in [1.82, 2.24) is 4.98 Å². The fourth-order valence-electron chi connectivity index (χ4n) is 2.85. The Kier molecular flexibility index (Phi) is 3.54. The lowest BCUT2D eigenvalue weighted by Crippen LogP contribution is -2.20. The summed E-state index contributed by atoms with van der Waals surface area (Å²) >= 11 is 6.15. The first-order chi connectivity index (χ1) is 9.25. The van der Waals surface area contributed by atoms with Crippen LogP contribution in [0.5, 0.6) is 0 Å². The van der Waals surface area contributed by atoms with Gasteiger partial charge in [0.25, 0.3) is 0 Å². The Morgan fingerprint density at radius 3 is 2.95 bits per heavy atom. The molecule has 0 fully saturated rings. The molecule has 2 unspecified atom stereocenters. The zero-order valence-electron chi connectivity index (χ0n) is 10.6. The zero-order chi connectivity index (χ0) is 13.2. The molecule has 19 heavy (non-hydrogen) atoms. The molecule has 1 aromatic heterocycles. The van der Waals surface area contributed by atoms with Crippen LogP contribution in [0.4, 0.5) is 0 Å². The maximum absolute atomic E-state index is 10.5. The highest BCUT2D eigenvalue weighted by atomic mass is 35.5. The van der Waals surface area contributed by atoms with Crippen molar-refractivity contribution in [2.45, 2.75) is 31.3 Å². The summed E-state index contributed by atoms with van der Waals surface area (Å²) in [5.74, 6) is 0.132. The third-order valence-electron chi connectivity index (χ3n) is 3.85. The SMILES string of the molecule is OC(Cc1ccccc1Cl)C1CCc2cccnc21. The van der Waals surface area contributed by atoms with Crippen molar-refractivity contribution < 1.29 is 5.11 Å². The monoisotopic (exact) mass is 273 g/mol. The van der Waals surface area contributed by atoms with Crippen LogP contribution < -0.4 is 0 Å². The van der Waals surface area contributed by atoms with E-state index in [4.69, 9.17) is 11.6 Å². The lowest BCUT2D eigenvalue weighted by molar-refractivity contribution is 0.141. The highest BCUT2D eigenvalue weighted by molar-refractivity contribution is 6.31. The van der Waals surface area contributed by atoms with Crippen molar-refractivity contribution in [2.75, 3.05) is 0 Å². The maximum atomic E-state index is 10.5. The van der Waals surface area contributed by atoms with Gasteiger partial charge in [-0.1, -0.05) is 35.9 Å². The molecule has 2 aromatic rings. The molecule has 3 heteroatoms. The Morgan fingerprint density at radius 1 is 1.26 bits per heavy atom. The van der Waals surface area contributed by atoms with Crippen molar-refractivity contribution >= 4 is 11.6 Å². The summed E-state index contributed by atoms with van der Waals surface area (Å²) < 4.78 is 0. The van der Waals surface area contributed by atoms with Gasteiger partial charge in [0.1, 0.15) is 0 Å². The number of rotatable bonds is 3. The van der Waals surface area contributed by atoms with Gasteiger partial charge in [-0.15, -0.1) is 0 Å². The van der Waals surface area contributed by atoms with Crippen LogP contribution in [0.25, 0.3) is 0 Å². The second-order valence-corrected chi connectivity index (χ2v) is 5.46. The number of pyridine rings is 1. The van der Waals surface area contributed by atoms with Gasteiger partial charge in [-0.2, -0.15) is 0 Å². The number of benzene rings is 1. The summed E-state index contributed by atoms with van der Waals surface area (Å²) in [6.45, 7) is 0. The Bertz CT molecular complexity index is 584. The standard InChI is InChI=1S/C16H16ClNO/c17-14-6-2-1-4-12(14)10-15(19)13-8-7-11-5-3-9-18-16(11)13/h1-6,9,13,15,19H,7-8,10H2. The van der Waals surface area contributed by atoms with E-state index in [1.807, 2.05) is 30.3 Å². The summed E-state index contributed by atoms with van der Waals surface area (Å²) in [6, 6.07) is 11.8. The Balaban J connectivity index is 1.79. The zero-order valence-corrected chi connectivity index (χ0v) is 11.3. The summed E-state index contributed by atoms with van der Waals surface area (Å²) in [5.41, 5.74) is 3.33. The minimum absolute atomic E-state index is 0.132. The molecule has 1 aliphatic rings. The molecule has 1 aliphatic carbocycles. The molecular formula is C16H16ClNO. The van der Waals surface area contributed by atoms with E-state index in [0.717, 1.165) is 29.1 Å². The van der Waals surface area contributed by atoms with Gasteiger partial charge in [0.05, 0.1) is 6.10 Å². The number of aromatic nitrogens is 1. The lowest BCUT2D eigenvalue weighted by Gasteiger charge is -2.19. The van der Waals surface area contributed by atoms with Crippen LogP contribution in [0.1, 0.15) is 29.2 Å². The average molecular weight is 274 g/mol. The van der Waals surface area contributed by atoms with E-state index < -0.39 is 6.10 Å². The van der Waals surface area contributed by atoms with Gasteiger partial charge in [0, 0.05) is 29.3 Å². The van der Waals surface area contributed by atoms with Crippen LogP contribution in [0, 0.1) is 0 Å². The van der Waals surface area contributed by atoms with Gasteiger partial charge in [-0.05, 0) is 36.1 Å². The molecule has 1 aromatic carbocycles. The van der Waals surface area contributed by atoms with Gasteiger partial charge < -0.3 is 5.11 Å². The molecule has 0 saturated carbocycles. The van der Waals surface area contributed by atoms with Crippen LogP contribution in [0.3, 0.4) is 0 Å². The number of aliphatic hydroxyl groups is 1. The highest BCUT2D eigenvalue weighted by Gasteiger charge is 2.29. The molecule has 98 valence electrons. The van der Waals surface area contributed by atoms with E-state index in [-0.39, 0.29) is 5.92 Å². The fraction of sp³-hybridized carbons (Fsp3) is 0.312. The molecule has 1 N–H and O–H groups in total. The van der Waals surface area contributed by atoms with Crippen LogP contribution in [0.15, 0.2) is 42.6 Å². The Hall–Kier alpha value is -1.38. The average Bonchev–Trinajstić information content (AvgIpc) is 2.85. The number of halogens is 1. The second-order valence-electron chi connectivity index (χ2n) is 5.06. The predicted molar refractivity (Wildman–Crippen MR) is 76.5 cm³/mol. The topological polar surface area (TPSA) is 33.1 Å². The van der Waals surface area contributed by atoms with E-state index in [2.05, 4.69) is 11.1 Å². The molecule has 0 spiro atoms. The van der Waals surface area contributed by atoms with E-state index in [1.54, 1.807) is 6.20 Å². The van der Waals surface area contributed by atoms with Crippen LogP contribution in [-0.4, -0.2) is 16.2 Å². The summed E-state index contributed by atoms with van der Waals surface area (Å²) in [7, 11) is 0. The first-order valence-electron chi connectivity index (χ1n) is 6.61. The first kappa shape index (κ1) is 12.6. The number of fused-ring (bicyclic) bond motifs is 1. The molecular weight excluding hydrogens is 258 g/mol. The Morgan fingerprint density at radius 2 is 2.11 bits per heavy atom. The van der Waals surface area contributed by atoms with Crippen LogP contribution in [0.2, 0.25) is 5.02 Å². The molecule has 3 rings (SSSR count). The fourth-order valence-corrected chi connectivity index (χ4v) is 3.06.